The van der Waals surface area contributed by atoms with Crippen LogP contribution < -0.4 is 16.6 Å². The van der Waals surface area contributed by atoms with Gasteiger partial charge in [0.1, 0.15) is 17.5 Å². The lowest BCUT2D eigenvalue weighted by Gasteiger charge is -2.22. The van der Waals surface area contributed by atoms with Crippen molar-refractivity contribution in [3.05, 3.63) is 11.9 Å². The summed E-state index contributed by atoms with van der Waals surface area (Å²) in [5, 5.41) is 3.32. The number of rotatable bonds is 6. The molecule has 0 spiro atoms. The van der Waals surface area contributed by atoms with Gasteiger partial charge in [-0.25, -0.2) is 15.8 Å². The summed E-state index contributed by atoms with van der Waals surface area (Å²) in [5.41, 5.74) is 2.52. The van der Waals surface area contributed by atoms with E-state index in [2.05, 4.69) is 34.6 Å². The van der Waals surface area contributed by atoms with E-state index in [0.29, 0.717) is 24.2 Å². The number of anilines is 2. The molecule has 1 unspecified atom stereocenters. The third kappa shape index (κ3) is 4.16. The van der Waals surface area contributed by atoms with Crippen molar-refractivity contribution in [1.29, 1.82) is 0 Å². The molecular formula is C11H21N5O. The number of aryl methyl sites for hydroxylation is 1. The van der Waals surface area contributed by atoms with Crippen LogP contribution in [-0.4, -0.2) is 29.7 Å². The summed E-state index contributed by atoms with van der Waals surface area (Å²) in [6.45, 7) is 6.72. The van der Waals surface area contributed by atoms with E-state index in [1.165, 1.54) is 0 Å². The van der Waals surface area contributed by atoms with Crippen molar-refractivity contribution in [1.82, 2.24) is 9.97 Å². The lowest BCUT2D eigenvalue weighted by atomic mass is 10.1. The number of nitrogens with one attached hydrogen (secondary N) is 2. The molecule has 17 heavy (non-hydrogen) atoms. The molecule has 1 aromatic rings. The van der Waals surface area contributed by atoms with Gasteiger partial charge in [-0.05, 0) is 12.8 Å². The molecule has 0 radical (unpaired) electrons. The van der Waals surface area contributed by atoms with Crippen molar-refractivity contribution in [3.8, 4) is 0 Å². The molecule has 96 valence electrons. The summed E-state index contributed by atoms with van der Waals surface area (Å²) in [6, 6.07) is 1.98. The van der Waals surface area contributed by atoms with E-state index in [1.54, 1.807) is 13.2 Å². The van der Waals surface area contributed by atoms with Crippen molar-refractivity contribution in [2.75, 3.05) is 24.5 Å². The second-order valence-electron chi connectivity index (χ2n) is 4.28. The quantitative estimate of drug-likeness (QED) is 0.510. The molecule has 0 bridgehead atoms. The monoisotopic (exact) mass is 239 g/mol. The summed E-state index contributed by atoms with van der Waals surface area (Å²) >= 11 is 0. The average molecular weight is 239 g/mol. The molecule has 0 saturated carbocycles. The fourth-order valence-electron chi connectivity index (χ4n) is 1.49. The Morgan fingerprint density at radius 3 is 2.53 bits per heavy atom. The number of aromatic nitrogens is 2. The largest absolute Gasteiger partial charge is 0.383 e. The molecule has 0 aromatic carbocycles. The van der Waals surface area contributed by atoms with E-state index in [-0.39, 0.29) is 6.04 Å². The first kappa shape index (κ1) is 13.7. The van der Waals surface area contributed by atoms with Crippen LogP contribution in [0.5, 0.6) is 0 Å². The number of nitrogens with two attached hydrogens (primary N) is 1. The summed E-state index contributed by atoms with van der Waals surface area (Å²) in [6.07, 6.45) is 0. The standard InChI is InChI=1S/C11H21N5O/c1-7(2)9(6-17-4)15-10-5-11(16-12)14-8(3)13-10/h5,7,9H,6,12H2,1-4H3,(H2,13,14,15,16). The van der Waals surface area contributed by atoms with Crippen molar-refractivity contribution in [2.24, 2.45) is 11.8 Å². The number of nitrogens with zero attached hydrogens (tertiary/aromatic N) is 2. The summed E-state index contributed by atoms with van der Waals surface area (Å²) in [5.74, 6) is 7.81. The Balaban J connectivity index is 2.81. The zero-order valence-electron chi connectivity index (χ0n) is 10.8. The second kappa shape index (κ2) is 6.36. The van der Waals surface area contributed by atoms with E-state index in [9.17, 15) is 0 Å². The van der Waals surface area contributed by atoms with Gasteiger partial charge < -0.3 is 15.5 Å². The van der Waals surface area contributed by atoms with Crippen molar-refractivity contribution in [3.63, 3.8) is 0 Å². The van der Waals surface area contributed by atoms with Gasteiger partial charge in [-0.3, -0.25) is 0 Å². The molecule has 0 aliphatic heterocycles. The number of nitrogen functional groups attached to an aromatic ring is 1. The first-order valence-corrected chi connectivity index (χ1v) is 5.64. The Kier molecular flexibility index (Phi) is 5.11. The highest BCUT2D eigenvalue weighted by molar-refractivity contribution is 5.47. The minimum absolute atomic E-state index is 0.208. The number of methoxy groups -OCH3 is 1. The molecule has 0 amide bonds. The highest BCUT2D eigenvalue weighted by atomic mass is 16.5. The van der Waals surface area contributed by atoms with Crippen molar-refractivity contribution >= 4 is 11.6 Å². The van der Waals surface area contributed by atoms with Gasteiger partial charge in [-0.1, -0.05) is 13.8 Å². The van der Waals surface area contributed by atoms with Gasteiger partial charge in [0.05, 0.1) is 12.6 Å². The molecule has 0 aliphatic carbocycles. The highest BCUT2D eigenvalue weighted by Crippen LogP contribution is 2.14. The van der Waals surface area contributed by atoms with Crippen molar-refractivity contribution in [2.45, 2.75) is 26.8 Å². The molecule has 0 aliphatic rings. The Morgan fingerprint density at radius 2 is 2.00 bits per heavy atom. The minimum atomic E-state index is 0.208. The summed E-state index contributed by atoms with van der Waals surface area (Å²) in [7, 11) is 1.69. The van der Waals surface area contributed by atoms with Gasteiger partial charge in [0, 0.05) is 13.2 Å². The molecule has 4 N–H and O–H groups in total. The lowest BCUT2D eigenvalue weighted by molar-refractivity contribution is 0.171. The van der Waals surface area contributed by atoms with Crippen LogP contribution in [0.1, 0.15) is 19.7 Å². The fraction of sp³-hybridized carbons (Fsp3) is 0.636. The Hall–Kier alpha value is -1.40. The molecule has 6 heteroatoms. The van der Waals surface area contributed by atoms with Gasteiger partial charge in [0.2, 0.25) is 0 Å². The number of hydrogen-bond donors (Lipinski definition) is 3. The SMILES string of the molecule is COCC(Nc1cc(NN)nc(C)n1)C(C)C. The van der Waals surface area contributed by atoms with Crippen LogP contribution in [0.3, 0.4) is 0 Å². The first-order chi connectivity index (χ1) is 8.06. The fourth-order valence-corrected chi connectivity index (χ4v) is 1.49. The molecule has 0 fully saturated rings. The van der Waals surface area contributed by atoms with Gasteiger partial charge in [0.25, 0.3) is 0 Å². The molecule has 0 saturated heterocycles. The molecule has 6 nitrogen and oxygen atoms in total. The predicted octanol–water partition coefficient (Wildman–Crippen LogP) is 1.15. The van der Waals surface area contributed by atoms with E-state index in [0.717, 1.165) is 5.82 Å². The van der Waals surface area contributed by atoms with Gasteiger partial charge in [-0.15, -0.1) is 0 Å². The number of hydrazine groups is 1. The minimum Gasteiger partial charge on any atom is -0.383 e. The van der Waals surface area contributed by atoms with E-state index < -0.39 is 0 Å². The zero-order chi connectivity index (χ0) is 12.8. The van der Waals surface area contributed by atoms with Gasteiger partial charge in [-0.2, -0.15) is 0 Å². The predicted molar refractivity (Wildman–Crippen MR) is 68.7 cm³/mol. The van der Waals surface area contributed by atoms with Crippen LogP contribution in [-0.2, 0) is 4.74 Å². The topological polar surface area (TPSA) is 85.1 Å². The number of hydrogen-bond acceptors (Lipinski definition) is 6. The Bertz CT molecular complexity index is 356. The first-order valence-electron chi connectivity index (χ1n) is 5.64. The third-order valence-corrected chi connectivity index (χ3v) is 2.47. The normalized spacial score (nSPS) is 12.6. The lowest BCUT2D eigenvalue weighted by Crippen LogP contribution is -2.31. The van der Waals surface area contributed by atoms with E-state index >= 15 is 0 Å². The molecular weight excluding hydrogens is 218 g/mol. The molecule has 1 atom stereocenters. The molecule has 1 rings (SSSR count). The smallest absolute Gasteiger partial charge is 0.145 e. The Labute approximate surface area is 102 Å². The second-order valence-corrected chi connectivity index (χ2v) is 4.28. The third-order valence-electron chi connectivity index (χ3n) is 2.47. The summed E-state index contributed by atoms with van der Waals surface area (Å²) < 4.78 is 5.18. The maximum absolute atomic E-state index is 5.34. The number of ether oxygens (including phenoxy) is 1. The average Bonchev–Trinajstić information content (AvgIpc) is 2.27. The van der Waals surface area contributed by atoms with Crippen LogP contribution in [0.25, 0.3) is 0 Å². The molecule has 1 heterocycles. The van der Waals surface area contributed by atoms with Crippen LogP contribution >= 0.6 is 0 Å². The molecule has 1 aromatic heterocycles. The maximum atomic E-state index is 5.34. The maximum Gasteiger partial charge on any atom is 0.145 e. The van der Waals surface area contributed by atoms with Crippen LogP contribution in [0.2, 0.25) is 0 Å². The summed E-state index contributed by atoms with van der Waals surface area (Å²) in [4.78, 5) is 8.44. The Morgan fingerprint density at radius 1 is 1.35 bits per heavy atom. The van der Waals surface area contributed by atoms with E-state index in [1.807, 2.05) is 6.92 Å². The van der Waals surface area contributed by atoms with Crippen molar-refractivity contribution < 1.29 is 4.74 Å². The van der Waals surface area contributed by atoms with E-state index in [4.69, 9.17) is 10.6 Å². The van der Waals surface area contributed by atoms with Gasteiger partial charge in [0.15, 0.2) is 0 Å². The van der Waals surface area contributed by atoms with Gasteiger partial charge >= 0.3 is 0 Å². The highest BCUT2D eigenvalue weighted by Gasteiger charge is 2.14. The van der Waals surface area contributed by atoms with Crippen LogP contribution in [0.15, 0.2) is 6.07 Å². The zero-order valence-corrected chi connectivity index (χ0v) is 10.8. The van der Waals surface area contributed by atoms with Crippen LogP contribution in [0.4, 0.5) is 11.6 Å². The van der Waals surface area contributed by atoms with Crippen LogP contribution in [0, 0.1) is 12.8 Å².